The van der Waals surface area contributed by atoms with Crippen molar-refractivity contribution in [2.75, 3.05) is 18.5 Å². The predicted octanol–water partition coefficient (Wildman–Crippen LogP) is 1.51. The van der Waals surface area contributed by atoms with Crippen LogP contribution in [0.3, 0.4) is 0 Å². The van der Waals surface area contributed by atoms with Crippen LogP contribution in [0.25, 0.3) is 0 Å². The number of carbonyl (C=O) groups excluding carboxylic acids is 2. The Morgan fingerprint density at radius 3 is 2.86 bits per heavy atom. The van der Waals surface area contributed by atoms with Gasteiger partial charge in [-0.2, -0.15) is 0 Å². The van der Waals surface area contributed by atoms with Gasteiger partial charge in [-0.1, -0.05) is 0 Å². The molecule has 1 aliphatic heterocycles. The van der Waals surface area contributed by atoms with Crippen molar-refractivity contribution >= 4 is 23.6 Å². The minimum atomic E-state index is -0.516. The quantitative estimate of drug-likeness (QED) is 0.515. The number of hydrogen-bond acceptors (Lipinski definition) is 5. The van der Waals surface area contributed by atoms with E-state index in [0.717, 1.165) is 19.1 Å². The van der Waals surface area contributed by atoms with Crippen LogP contribution in [0.4, 0.5) is 11.4 Å². The summed E-state index contributed by atoms with van der Waals surface area (Å²) in [6.07, 6.45) is 3.34. The van der Waals surface area contributed by atoms with Crippen molar-refractivity contribution in [1.82, 2.24) is 5.32 Å². The van der Waals surface area contributed by atoms with E-state index in [1.807, 2.05) is 0 Å². The van der Waals surface area contributed by atoms with Crippen LogP contribution in [-0.2, 0) is 4.79 Å². The van der Waals surface area contributed by atoms with Crippen molar-refractivity contribution in [3.63, 3.8) is 0 Å². The largest absolute Gasteiger partial charge is 0.356 e. The van der Waals surface area contributed by atoms with Gasteiger partial charge in [0.05, 0.1) is 11.0 Å². The highest BCUT2D eigenvalue weighted by molar-refractivity contribution is 5.95. The third-order valence-electron chi connectivity index (χ3n) is 3.68. The van der Waals surface area contributed by atoms with E-state index in [0.29, 0.717) is 18.7 Å². The normalized spacial score (nSPS) is 18.1. The molecule has 1 fully saturated rings. The fourth-order valence-electron chi connectivity index (χ4n) is 2.60. The molecule has 1 unspecified atom stereocenters. The monoisotopic (exact) mass is 291 g/mol. The standard InChI is InChI=1S/C14H17N3O4/c1-15-14(19)10-5-6-12(13(8-10)17(20)21)16-7-3-2-4-11(16)9-18/h5-6,8-9,11H,2-4,7H2,1H3,(H,15,19). The maximum absolute atomic E-state index is 11.6. The summed E-state index contributed by atoms with van der Waals surface area (Å²) in [6.45, 7) is 0.601. The van der Waals surface area contributed by atoms with Crippen molar-refractivity contribution < 1.29 is 14.5 Å². The number of aldehydes is 1. The molecule has 1 aromatic carbocycles. The first kappa shape index (κ1) is 15.0. The number of amides is 1. The number of nitrogens with one attached hydrogen (secondary N) is 1. The number of benzene rings is 1. The van der Waals surface area contributed by atoms with Crippen molar-refractivity contribution in [1.29, 1.82) is 0 Å². The molecule has 0 aromatic heterocycles. The molecule has 0 saturated carbocycles. The van der Waals surface area contributed by atoms with Crippen LogP contribution >= 0.6 is 0 Å². The Hall–Kier alpha value is -2.44. The van der Waals surface area contributed by atoms with Crippen LogP contribution in [-0.4, -0.2) is 36.8 Å². The van der Waals surface area contributed by atoms with Gasteiger partial charge in [-0.05, 0) is 31.4 Å². The number of nitro groups is 1. The Morgan fingerprint density at radius 2 is 2.24 bits per heavy atom. The fraction of sp³-hybridized carbons (Fsp3) is 0.429. The lowest BCUT2D eigenvalue weighted by molar-refractivity contribution is -0.384. The first-order valence-corrected chi connectivity index (χ1v) is 6.81. The summed E-state index contributed by atoms with van der Waals surface area (Å²) in [4.78, 5) is 35.3. The number of nitrogens with zero attached hydrogens (tertiary/aromatic N) is 2. The molecule has 21 heavy (non-hydrogen) atoms. The molecule has 1 heterocycles. The number of anilines is 1. The van der Waals surface area contributed by atoms with E-state index in [4.69, 9.17) is 0 Å². The summed E-state index contributed by atoms with van der Waals surface area (Å²) < 4.78 is 0. The molecule has 0 spiro atoms. The van der Waals surface area contributed by atoms with E-state index in [1.54, 1.807) is 11.0 Å². The summed E-state index contributed by atoms with van der Waals surface area (Å²) in [6, 6.07) is 4.00. The maximum atomic E-state index is 11.6. The van der Waals surface area contributed by atoms with Crippen LogP contribution < -0.4 is 10.2 Å². The first-order valence-electron chi connectivity index (χ1n) is 6.81. The van der Waals surface area contributed by atoms with Gasteiger partial charge in [0, 0.05) is 25.2 Å². The van der Waals surface area contributed by atoms with Gasteiger partial charge in [0.2, 0.25) is 0 Å². The molecule has 1 aliphatic rings. The van der Waals surface area contributed by atoms with Gasteiger partial charge in [-0.15, -0.1) is 0 Å². The summed E-state index contributed by atoms with van der Waals surface area (Å²) in [5.74, 6) is -0.379. The van der Waals surface area contributed by atoms with Crippen molar-refractivity contribution in [3.05, 3.63) is 33.9 Å². The highest BCUT2D eigenvalue weighted by Gasteiger charge is 2.28. The van der Waals surface area contributed by atoms with Crippen molar-refractivity contribution in [3.8, 4) is 0 Å². The Balaban J connectivity index is 2.44. The Kier molecular flexibility index (Phi) is 4.52. The van der Waals surface area contributed by atoms with Crippen molar-refractivity contribution in [2.24, 2.45) is 0 Å². The molecule has 112 valence electrons. The second kappa shape index (κ2) is 6.34. The Morgan fingerprint density at radius 1 is 1.48 bits per heavy atom. The minimum Gasteiger partial charge on any atom is -0.356 e. The van der Waals surface area contributed by atoms with Gasteiger partial charge in [0.15, 0.2) is 0 Å². The maximum Gasteiger partial charge on any atom is 0.293 e. The number of nitro benzene ring substituents is 1. The second-order valence-corrected chi connectivity index (χ2v) is 4.93. The number of piperidine rings is 1. The Labute approximate surface area is 122 Å². The van der Waals surface area contributed by atoms with Gasteiger partial charge in [-0.25, -0.2) is 0 Å². The molecule has 1 saturated heterocycles. The third-order valence-corrected chi connectivity index (χ3v) is 3.68. The zero-order valence-electron chi connectivity index (χ0n) is 11.7. The lowest BCUT2D eigenvalue weighted by Gasteiger charge is -2.33. The SMILES string of the molecule is CNC(=O)c1ccc(N2CCCCC2C=O)c([N+](=O)[O-])c1. The van der Waals surface area contributed by atoms with Gasteiger partial charge in [0.1, 0.15) is 12.0 Å². The van der Waals surface area contributed by atoms with Crippen LogP contribution in [0.15, 0.2) is 18.2 Å². The van der Waals surface area contributed by atoms with E-state index >= 15 is 0 Å². The van der Waals surface area contributed by atoms with Crippen LogP contribution in [0.1, 0.15) is 29.6 Å². The first-order chi connectivity index (χ1) is 10.1. The highest BCUT2D eigenvalue weighted by atomic mass is 16.6. The summed E-state index contributed by atoms with van der Waals surface area (Å²) >= 11 is 0. The van der Waals surface area contributed by atoms with Crippen molar-refractivity contribution in [2.45, 2.75) is 25.3 Å². The van der Waals surface area contributed by atoms with E-state index in [-0.39, 0.29) is 23.2 Å². The van der Waals surface area contributed by atoms with E-state index in [1.165, 1.54) is 19.2 Å². The molecule has 7 nitrogen and oxygen atoms in total. The van der Waals surface area contributed by atoms with Crippen LogP contribution in [0, 0.1) is 10.1 Å². The van der Waals surface area contributed by atoms with Gasteiger partial charge < -0.3 is 15.0 Å². The molecule has 1 amide bonds. The Bertz CT molecular complexity index is 573. The molecule has 0 bridgehead atoms. The van der Waals surface area contributed by atoms with Gasteiger partial charge in [-0.3, -0.25) is 14.9 Å². The average Bonchev–Trinajstić information content (AvgIpc) is 2.53. The zero-order valence-corrected chi connectivity index (χ0v) is 11.7. The van der Waals surface area contributed by atoms with E-state index in [9.17, 15) is 19.7 Å². The van der Waals surface area contributed by atoms with Crippen LogP contribution in [0.5, 0.6) is 0 Å². The van der Waals surface area contributed by atoms with Gasteiger partial charge >= 0.3 is 0 Å². The molecular formula is C14H17N3O4. The average molecular weight is 291 g/mol. The molecule has 7 heteroatoms. The lowest BCUT2D eigenvalue weighted by atomic mass is 10.0. The molecule has 1 N–H and O–H groups in total. The minimum absolute atomic E-state index is 0.148. The lowest BCUT2D eigenvalue weighted by Crippen LogP contribution is -2.41. The topological polar surface area (TPSA) is 92.6 Å². The zero-order chi connectivity index (χ0) is 15.4. The molecule has 1 atom stereocenters. The molecular weight excluding hydrogens is 274 g/mol. The number of hydrogen-bond donors (Lipinski definition) is 1. The molecule has 0 aliphatic carbocycles. The molecule has 2 rings (SSSR count). The number of rotatable bonds is 4. The molecule has 0 radical (unpaired) electrons. The summed E-state index contributed by atoms with van der Waals surface area (Å²) in [5, 5.41) is 13.7. The van der Waals surface area contributed by atoms with E-state index < -0.39 is 4.92 Å². The fourth-order valence-corrected chi connectivity index (χ4v) is 2.60. The third kappa shape index (κ3) is 3.01. The van der Waals surface area contributed by atoms with Crippen LogP contribution in [0.2, 0.25) is 0 Å². The highest BCUT2D eigenvalue weighted by Crippen LogP contribution is 2.33. The second-order valence-electron chi connectivity index (χ2n) is 4.93. The summed E-state index contributed by atoms with van der Waals surface area (Å²) in [7, 11) is 1.47. The summed E-state index contributed by atoms with van der Waals surface area (Å²) in [5.41, 5.74) is 0.474. The predicted molar refractivity (Wildman–Crippen MR) is 77.5 cm³/mol. The van der Waals surface area contributed by atoms with E-state index in [2.05, 4.69) is 5.32 Å². The number of carbonyl (C=O) groups is 2. The molecule has 1 aromatic rings. The smallest absolute Gasteiger partial charge is 0.293 e. The van der Waals surface area contributed by atoms with Gasteiger partial charge in [0.25, 0.3) is 11.6 Å².